The highest BCUT2D eigenvalue weighted by atomic mass is 32.2. The van der Waals surface area contributed by atoms with Crippen molar-refractivity contribution in [1.82, 2.24) is 5.32 Å². The average Bonchev–Trinajstić information content (AvgIpc) is 2.85. The minimum absolute atomic E-state index is 0.0324. The molecule has 1 fully saturated rings. The standard InChI is InChI=1S/C11H12FN3O2S/c12-7-2-1-6(10(13)16)3-8(7)15-11(17)9-4-18-5-14-9/h1-3,9,14H,4-5H2,(H2,13,16)(H,15,17). The summed E-state index contributed by atoms with van der Waals surface area (Å²) in [4.78, 5) is 22.8. The van der Waals surface area contributed by atoms with Crippen LogP contribution in [0, 0.1) is 5.82 Å². The van der Waals surface area contributed by atoms with Crippen molar-refractivity contribution in [2.75, 3.05) is 16.9 Å². The molecule has 7 heteroatoms. The van der Waals surface area contributed by atoms with Gasteiger partial charge in [-0.2, -0.15) is 0 Å². The Bertz CT molecular complexity index is 489. The molecule has 0 aliphatic carbocycles. The van der Waals surface area contributed by atoms with Gasteiger partial charge in [-0.25, -0.2) is 4.39 Å². The molecule has 5 nitrogen and oxygen atoms in total. The summed E-state index contributed by atoms with van der Waals surface area (Å²) in [5.41, 5.74) is 5.22. The molecule has 1 aromatic carbocycles. The Morgan fingerprint density at radius 1 is 1.50 bits per heavy atom. The van der Waals surface area contributed by atoms with Crippen LogP contribution in [-0.4, -0.2) is 29.5 Å². The first-order chi connectivity index (χ1) is 8.58. The van der Waals surface area contributed by atoms with Gasteiger partial charge in [-0.15, -0.1) is 11.8 Å². The van der Waals surface area contributed by atoms with E-state index in [0.717, 1.165) is 6.07 Å². The molecule has 18 heavy (non-hydrogen) atoms. The van der Waals surface area contributed by atoms with Gasteiger partial charge in [0.05, 0.1) is 11.7 Å². The summed E-state index contributed by atoms with van der Waals surface area (Å²) >= 11 is 1.59. The molecule has 1 saturated heterocycles. The van der Waals surface area contributed by atoms with Gasteiger partial charge < -0.3 is 11.1 Å². The molecule has 0 aromatic heterocycles. The van der Waals surface area contributed by atoms with E-state index in [9.17, 15) is 14.0 Å². The number of carbonyl (C=O) groups excluding carboxylic acids is 2. The Kier molecular flexibility index (Phi) is 3.83. The lowest BCUT2D eigenvalue weighted by atomic mass is 10.1. The van der Waals surface area contributed by atoms with E-state index >= 15 is 0 Å². The Morgan fingerprint density at radius 2 is 2.28 bits per heavy atom. The van der Waals surface area contributed by atoms with Gasteiger partial charge in [0, 0.05) is 17.2 Å². The smallest absolute Gasteiger partial charge is 0.248 e. The Morgan fingerprint density at radius 3 is 2.89 bits per heavy atom. The summed E-state index contributed by atoms with van der Waals surface area (Å²) in [6, 6.07) is 3.27. The lowest BCUT2D eigenvalue weighted by Gasteiger charge is -2.11. The summed E-state index contributed by atoms with van der Waals surface area (Å²) in [7, 11) is 0. The maximum Gasteiger partial charge on any atom is 0.248 e. The van der Waals surface area contributed by atoms with E-state index in [0.29, 0.717) is 11.6 Å². The molecule has 1 unspecified atom stereocenters. The molecular formula is C11H12FN3O2S. The number of hydrogen-bond acceptors (Lipinski definition) is 4. The van der Waals surface area contributed by atoms with Gasteiger partial charge >= 0.3 is 0 Å². The number of rotatable bonds is 3. The number of primary amides is 1. The van der Waals surface area contributed by atoms with Crippen molar-refractivity contribution in [2.45, 2.75) is 6.04 Å². The lowest BCUT2D eigenvalue weighted by molar-refractivity contribution is -0.117. The molecule has 0 spiro atoms. The summed E-state index contributed by atoms with van der Waals surface area (Å²) in [5, 5.41) is 5.42. The lowest BCUT2D eigenvalue weighted by Crippen LogP contribution is -2.37. The van der Waals surface area contributed by atoms with Crippen LogP contribution in [0.5, 0.6) is 0 Å². The maximum atomic E-state index is 13.5. The highest BCUT2D eigenvalue weighted by molar-refractivity contribution is 7.99. The number of anilines is 1. The molecule has 2 rings (SSSR count). The van der Waals surface area contributed by atoms with Crippen molar-refractivity contribution in [3.8, 4) is 0 Å². The summed E-state index contributed by atoms with van der Waals surface area (Å²) in [6.07, 6.45) is 0. The second-order valence-electron chi connectivity index (χ2n) is 3.82. The van der Waals surface area contributed by atoms with Crippen molar-refractivity contribution in [2.24, 2.45) is 5.73 Å². The molecule has 1 heterocycles. The van der Waals surface area contributed by atoms with Crippen molar-refractivity contribution < 1.29 is 14.0 Å². The van der Waals surface area contributed by atoms with Crippen molar-refractivity contribution in [1.29, 1.82) is 0 Å². The fourth-order valence-electron chi connectivity index (χ4n) is 1.56. The maximum absolute atomic E-state index is 13.5. The van der Waals surface area contributed by atoms with Crippen LogP contribution < -0.4 is 16.4 Å². The van der Waals surface area contributed by atoms with Gasteiger partial charge in [-0.1, -0.05) is 0 Å². The number of benzene rings is 1. The predicted octanol–water partition coefficient (Wildman–Crippen LogP) is 0.526. The van der Waals surface area contributed by atoms with E-state index in [1.807, 2.05) is 0 Å². The minimum atomic E-state index is -0.667. The minimum Gasteiger partial charge on any atom is -0.366 e. The van der Waals surface area contributed by atoms with Gasteiger partial charge in [0.2, 0.25) is 11.8 Å². The van der Waals surface area contributed by atoms with E-state index in [1.165, 1.54) is 12.1 Å². The molecule has 1 aliphatic heterocycles. The third-order valence-corrected chi connectivity index (χ3v) is 3.48. The molecule has 1 aliphatic rings. The zero-order valence-corrected chi connectivity index (χ0v) is 10.2. The number of amides is 2. The van der Waals surface area contributed by atoms with Crippen molar-refractivity contribution in [3.63, 3.8) is 0 Å². The first kappa shape index (κ1) is 12.8. The molecule has 0 radical (unpaired) electrons. The predicted molar refractivity (Wildman–Crippen MR) is 67.8 cm³/mol. The van der Waals surface area contributed by atoms with E-state index < -0.39 is 11.7 Å². The van der Waals surface area contributed by atoms with Crippen LogP contribution in [0.4, 0.5) is 10.1 Å². The molecule has 0 saturated carbocycles. The second kappa shape index (κ2) is 5.36. The second-order valence-corrected chi connectivity index (χ2v) is 4.85. The van der Waals surface area contributed by atoms with E-state index in [-0.39, 0.29) is 23.2 Å². The molecule has 1 aromatic rings. The van der Waals surface area contributed by atoms with E-state index in [2.05, 4.69) is 10.6 Å². The molecule has 2 amide bonds. The number of carbonyl (C=O) groups is 2. The average molecular weight is 269 g/mol. The molecule has 0 bridgehead atoms. The van der Waals surface area contributed by atoms with Crippen LogP contribution in [-0.2, 0) is 4.79 Å². The SMILES string of the molecule is NC(=O)c1ccc(F)c(NC(=O)C2CSCN2)c1. The van der Waals surface area contributed by atoms with Crippen LogP contribution >= 0.6 is 11.8 Å². The quantitative estimate of drug-likeness (QED) is 0.747. The van der Waals surface area contributed by atoms with Crippen LogP contribution in [0.15, 0.2) is 18.2 Å². The molecular weight excluding hydrogens is 257 g/mol. The number of thioether (sulfide) groups is 1. The highest BCUT2D eigenvalue weighted by Gasteiger charge is 2.23. The summed E-state index contributed by atoms with van der Waals surface area (Å²) in [5.74, 6) is -0.246. The van der Waals surface area contributed by atoms with Crippen LogP contribution in [0.3, 0.4) is 0 Å². The zero-order valence-electron chi connectivity index (χ0n) is 9.40. The molecule has 96 valence electrons. The monoisotopic (exact) mass is 269 g/mol. The number of nitrogens with one attached hydrogen (secondary N) is 2. The summed E-state index contributed by atoms with van der Waals surface area (Å²) < 4.78 is 13.5. The largest absolute Gasteiger partial charge is 0.366 e. The van der Waals surface area contributed by atoms with Gasteiger partial charge in [0.1, 0.15) is 5.82 Å². The van der Waals surface area contributed by atoms with Crippen molar-refractivity contribution >= 4 is 29.3 Å². The molecule has 4 N–H and O–H groups in total. The van der Waals surface area contributed by atoms with Gasteiger partial charge in [0.25, 0.3) is 0 Å². The van der Waals surface area contributed by atoms with E-state index in [1.54, 1.807) is 11.8 Å². The van der Waals surface area contributed by atoms with Gasteiger partial charge in [0.15, 0.2) is 0 Å². The third kappa shape index (κ3) is 2.80. The Labute approximate surface area is 107 Å². The van der Waals surface area contributed by atoms with Crippen LogP contribution in [0.2, 0.25) is 0 Å². The third-order valence-electron chi connectivity index (χ3n) is 2.54. The number of hydrogen-bond donors (Lipinski definition) is 3. The topological polar surface area (TPSA) is 84.2 Å². The first-order valence-corrected chi connectivity index (χ1v) is 6.45. The normalized spacial score (nSPS) is 18.6. The van der Waals surface area contributed by atoms with E-state index in [4.69, 9.17) is 5.73 Å². The van der Waals surface area contributed by atoms with Crippen molar-refractivity contribution in [3.05, 3.63) is 29.6 Å². The van der Waals surface area contributed by atoms with Crippen LogP contribution in [0.1, 0.15) is 10.4 Å². The summed E-state index contributed by atoms with van der Waals surface area (Å²) in [6.45, 7) is 0. The van der Waals surface area contributed by atoms with Gasteiger partial charge in [-0.05, 0) is 18.2 Å². The fourth-order valence-corrected chi connectivity index (χ4v) is 2.50. The fraction of sp³-hybridized carbons (Fsp3) is 0.273. The first-order valence-electron chi connectivity index (χ1n) is 5.29. The number of halogens is 1. The number of nitrogens with two attached hydrogens (primary N) is 1. The van der Waals surface area contributed by atoms with Crippen LogP contribution in [0.25, 0.3) is 0 Å². The Balaban J connectivity index is 2.14. The molecule has 1 atom stereocenters. The Hall–Kier alpha value is -1.60. The highest BCUT2D eigenvalue weighted by Crippen LogP contribution is 2.18. The zero-order chi connectivity index (χ0) is 13.1. The van der Waals surface area contributed by atoms with Gasteiger partial charge in [-0.3, -0.25) is 14.9 Å².